The first-order valence-corrected chi connectivity index (χ1v) is 10.7. The molecular weight excluding hydrogens is 370 g/mol. The highest BCUT2D eigenvalue weighted by atomic mass is 35.5. The summed E-state index contributed by atoms with van der Waals surface area (Å²) < 4.78 is 5.54. The molecule has 0 spiro atoms. The molecular formula is C23H30ClN3O. The third-order valence-corrected chi connectivity index (χ3v) is 6.31. The molecule has 2 aliphatic heterocycles. The Labute approximate surface area is 173 Å². The maximum absolute atomic E-state index is 6.17. The number of piperidine rings is 1. The second-order valence-electron chi connectivity index (χ2n) is 7.85. The van der Waals surface area contributed by atoms with Gasteiger partial charge in [0.2, 0.25) is 0 Å². The summed E-state index contributed by atoms with van der Waals surface area (Å²) in [6, 6.07) is 17.3. The van der Waals surface area contributed by atoms with Gasteiger partial charge >= 0.3 is 0 Å². The first-order chi connectivity index (χ1) is 13.7. The number of hydrogen-bond acceptors (Lipinski definition) is 4. The minimum Gasteiger partial charge on any atom is -0.496 e. The van der Waals surface area contributed by atoms with E-state index in [1.165, 1.54) is 30.6 Å². The summed E-state index contributed by atoms with van der Waals surface area (Å²) >= 11 is 6.17. The fourth-order valence-electron chi connectivity index (χ4n) is 4.57. The Morgan fingerprint density at radius 2 is 1.82 bits per heavy atom. The van der Waals surface area contributed by atoms with Gasteiger partial charge in [0.25, 0.3) is 0 Å². The molecule has 0 radical (unpaired) electrons. The molecule has 28 heavy (non-hydrogen) atoms. The zero-order valence-corrected chi connectivity index (χ0v) is 17.4. The van der Waals surface area contributed by atoms with Crippen molar-refractivity contribution < 1.29 is 4.74 Å². The van der Waals surface area contributed by atoms with E-state index >= 15 is 0 Å². The molecule has 4 rings (SSSR count). The monoisotopic (exact) mass is 399 g/mol. The summed E-state index contributed by atoms with van der Waals surface area (Å²) in [5.41, 5.74) is 2.53. The topological polar surface area (TPSA) is 19.0 Å². The van der Waals surface area contributed by atoms with Crippen molar-refractivity contribution in [1.29, 1.82) is 0 Å². The summed E-state index contributed by atoms with van der Waals surface area (Å²) in [6.07, 6.45) is 2.58. The van der Waals surface area contributed by atoms with Crippen LogP contribution in [0.2, 0.25) is 5.02 Å². The van der Waals surface area contributed by atoms with E-state index in [0.29, 0.717) is 6.04 Å². The molecule has 1 atom stereocenters. The standard InChI is InChI=1S/C23H30ClN3O/c1-28-23-10-3-2-6-19(23)17-25-11-5-9-22(18-25)27-14-12-26(13-15-27)21-8-4-7-20(24)16-21/h2-4,6-8,10,16,22H,5,9,11-15,17-18H2,1H3/t22-/m0/s1. The average Bonchev–Trinajstić information content (AvgIpc) is 2.74. The van der Waals surface area contributed by atoms with Gasteiger partial charge < -0.3 is 9.64 Å². The minimum atomic E-state index is 0.657. The maximum Gasteiger partial charge on any atom is 0.123 e. The Morgan fingerprint density at radius 3 is 2.61 bits per heavy atom. The lowest BCUT2D eigenvalue weighted by molar-refractivity contribution is 0.0883. The third-order valence-electron chi connectivity index (χ3n) is 6.07. The lowest BCUT2D eigenvalue weighted by Gasteiger charge is -2.44. The van der Waals surface area contributed by atoms with Crippen molar-refractivity contribution in [2.45, 2.75) is 25.4 Å². The van der Waals surface area contributed by atoms with Gasteiger partial charge in [-0.25, -0.2) is 0 Å². The third kappa shape index (κ3) is 4.62. The minimum absolute atomic E-state index is 0.657. The molecule has 0 aromatic heterocycles. The zero-order chi connectivity index (χ0) is 19.3. The molecule has 0 bridgehead atoms. The van der Waals surface area contributed by atoms with Gasteiger partial charge in [-0.15, -0.1) is 0 Å². The highest BCUT2D eigenvalue weighted by molar-refractivity contribution is 6.30. The Morgan fingerprint density at radius 1 is 1.00 bits per heavy atom. The van der Waals surface area contributed by atoms with Crippen molar-refractivity contribution in [1.82, 2.24) is 9.80 Å². The van der Waals surface area contributed by atoms with Crippen LogP contribution in [0.25, 0.3) is 0 Å². The van der Waals surface area contributed by atoms with Crippen molar-refractivity contribution in [2.24, 2.45) is 0 Å². The molecule has 2 heterocycles. The number of para-hydroxylation sites is 1. The molecule has 150 valence electrons. The number of rotatable bonds is 5. The van der Waals surface area contributed by atoms with Crippen LogP contribution in [0.3, 0.4) is 0 Å². The molecule has 4 nitrogen and oxygen atoms in total. The van der Waals surface area contributed by atoms with Crippen LogP contribution in [0, 0.1) is 0 Å². The van der Waals surface area contributed by atoms with Crippen LogP contribution >= 0.6 is 11.6 Å². The number of methoxy groups -OCH3 is 1. The van der Waals surface area contributed by atoms with E-state index in [1.54, 1.807) is 7.11 Å². The summed E-state index contributed by atoms with van der Waals surface area (Å²) in [4.78, 5) is 7.74. The number of halogens is 1. The van der Waals surface area contributed by atoms with Crippen molar-refractivity contribution in [3.63, 3.8) is 0 Å². The van der Waals surface area contributed by atoms with E-state index in [-0.39, 0.29) is 0 Å². The summed E-state index contributed by atoms with van der Waals surface area (Å²) in [7, 11) is 1.76. The van der Waals surface area contributed by atoms with Gasteiger partial charge in [-0.3, -0.25) is 9.80 Å². The highest BCUT2D eigenvalue weighted by Crippen LogP contribution is 2.25. The smallest absolute Gasteiger partial charge is 0.123 e. The number of anilines is 1. The van der Waals surface area contributed by atoms with E-state index in [1.807, 2.05) is 18.2 Å². The number of piperazine rings is 1. The van der Waals surface area contributed by atoms with Crippen LogP contribution in [-0.4, -0.2) is 62.2 Å². The normalized spacial score (nSPS) is 21.6. The van der Waals surface area contributed by atoms with Crippen molar-refractivity contribution in [2.75, 3.05) is 51.3 Å². The van der Waals surface area contributed by atoms with E-state index in [9.17, 15) is 0 Å². The van der Waals surface area contributed by atoms with Crippen LogP contribution in [0.5, 0.6) is 5.75 Å². The lowest BCUT2D eigenvalue weighted by Crippen LogP contribution is -2.55. The molecule has 2 aromatic carbocycles. The van der Waals surface area contributed by atoms with Gasteiger partial charge in [0.05, 0.1) is 7.11 Å². The highest BCUT2D eigenvalue weighted by Gasteiger charge is 2.28. The second kappa shape index (κ2) is 9.17. The fraction of sp³-hybridized carbons (Fsp3) is 0.478. The number of likely N-dealkylation sites (tertiary alicyclic amines) is 1. The lowest BCUT2D eigenvalue weighted by atomic mass is 10.0. The van der Waals surface area contributed by atoms with Crippen LogP contribution in [0.15, 0.2) is 48.5 Å². The average molecular weight is 400 g/mol. The number of benzene rings is 2. The zero-order valence-electron chi connectivity index (χ0n) is 16.7. The van der Waals surface area contributed by atoms with Crippen molar-refractivity contribution >= 4 is 17.3 Å². The van der Waals surface area contributed by atoms with Crippen LogP contribution in [0.4, 0.5) is 5.69 Å². The largest absolute Gasteiger partial charge is 0.496 e. The Hall–Kier alpha value is -1.75. The molecule has 2 fully saturated rings. The van der Waals surface area contributed by atoms with Crippen molar-refractivity contribution in [3.05, 3.63) is 59.1 Å². The first kappa shape index (κ1) is 19.6. The molecule has 2 aromatic rings. The maximum atomic E-state index is 6.17. The number of hydrogen-bond donors (Lipinski definition) is 0. The molecule has 0 N–H and O–H groups in total. The molecule has 5 heteroatoms. The number of ether oxygens (including phenoxy) is 1. The molecule has 2 saturated heterocycles. The molecule has 0 unspecified atom stereocenters. The predicted octanol–water partition coefficient (Wildman–Crippen LogP) is 4.14. The Balaban J connectivity index is 1.33. The van der Waals surface area contributed by atoms with E-state index < -0.39 is 0 Å². The van der Waals surface area contributed by atoms with Gasteiger partial charge in [-0.05, 0) is 43.7 Å². The summed E-state index contributed by atoms with van der Waals surface area (Å²) in [5, 5.41) is 0.819. The van der Waals surface area contributed by atoms with E-state index in [2.05, 4.69) is 45.0 Å². The summed E-state index contributed by atoms with van der Waals surface area (Å²) in [6.45, 7) is 7.70. The Bertz CT molecular complexity index is 776. The van der Waals surface area contributed by atoms with Crippen LogP contribution < -0.4 is 9.64 Å². The van der Waals surface area contributed by atoms with Gasteiger partial charge in [0.1, 0.15) is 5.75 Å². The van der Waals surface area contributed by atoms with Crippen LogP contribution in [-0.2, 0) is 6.54 Å². The quantitative estimate of drug-likeness (QED) is 0.752. The van der Waals surface area contributed by atoms with Gasteiger partial charge in [0, 0.05) is 61.6 Å². The van der Waals surface area contributed by atoms with Gasteiger partial charge in [0.15, 0.2) is 0 Å². The first-order valence-electron chi connectivity index (χ1n) is 10.3. The predicted molar refractivity (Wildman–Crippen MR) is 117 cm³/mol. The summed E-state index contributed by atoms with van der Waals surface area (Å²) in [5.74, 6) is 1.000. The van der Waals surface area contributed by atoms with Crippen LogP contribution in [0.1, 0.15) is 18.4 Å². The van der Waals surface area contributed by atoms with Gasteiger partial charge in [-0.2, -0.15) is 0 Å². The molecule has 0 saturated carbocycles. The Kier molecular flexibility index (Phi) is 6.40. The number of nitrogens with zero attached hydrogens (tertiary/aromatic N) is 3. The van der Waals surface area contributed by atoms with E-state index in [4.69, 9.17) is 16.3 Å². The second-order valence-corrected chi connectivity index (χ2v) is 8.28. The van der Waals surface area contributed by atoms with Gasteiger partial charge in [-0.1, -0.05) is 35.9 Å². The van der Waals surface area contributed by atoms with E-state index in [0.717, 1.165) is 50.0 Å². The van der Waals surface area contributed by atoms with Crippen molar-refractivity contribution in [3.8, 4) is 5.75 Å². The fourth-order valence-corrected chi connectivity index (χ4v) is 4.75. The molecule has 0 aliphatic carbocycles. The molecule has 0 amide bonds. The SMILES string of the molecule is COc1ccccc1CN1CCC[C@H](N2CCN(c3cccc(Cl)c3)CC2)C1. The molecule has 2 aliphatic rings.